The highest BCUT2D eigenvalue weighted by Crippen LogP contribution is 2.44. The molecule has 0 amide bonds. The predicted molar refractivity (Wildman–Crippen MR) is 234 cm³/mol. The fraction of sp³-hybridized carbons (Fsp3) is 0.0800. The van der Waals surface area contributed by atoms with E-state index in [1.807, 2.05) is 0 Å². The van der Waals surface area contributed by atoms with Crippen molar-refractivity contribution in [3.05, 3.63) is 176 Å². The van der Waals surface area contributed by atoms with Crippen LogP contribution in [0.25, 0.3) is 55.3 Å². The van der Waals surface area contributed by atoms with Crippen molar-refractivity contribution in [2.45, 2.75) is 26.2 Å². The molecule has 10 rings (SSSR count). The summed E-state index contributed by atoms with van der Waals surface area (Å²) >= 11 is 0. The molecule has 1 nitrogen and oxygen atoms in total. The lowest BCUT2D eigenvalue weighted by atomic mass is 9.97. The number of hydrogen-bond donors (Lipinski definition) is 0. The SMILES string of the molecule is C[Si]1(C)c2ccccc2-c2ccc(-c3ccc(N(c4cccc(-c5cccc6ccccc56)c4)c4cccc5c4-c4ccccc4[Si]5(C)C)cc3)cc21. The molecule has 8 aromatic carbocycles. The zero-order valence-corrected chi connectivity index (χ0v) is 32.7. The van der Waals surface area contributed by atoms with Crippen molar-refractivity contribution in [3.63, 3.8) is 0 Å². The number of rotatable bonds is 5. The Kier molecular flexibility index (Phi) is 7.17. The van der Waals surface area contributed by atoms with E-state index in [-0.39, 0.29) is 0 Å². The van der Waals surface area contributed by atoms with E-state index in [2.05, 4.69) is 207 Å². The van der Waals surface area contributed by atoms with E-state index in [0.717, 1.165) is 11.4 Å². The van der Waals surface area contributed by atoms with E-state index in [0.29, 0.717) is 0 Å². The molecule has 0 radical (unpaired) electrons. The first-order valence-corrected chi connectivity index (χ1v) is 24.8. The minimum absolute atomic E-state index is 1.16. The van der Waals surface area contributed by atoms with Crippen molar-refractivity contribution in [2.75, 3.05) is 4.90 Å². The summed E-state index contributed by atoms with van der Waals surface area (Å²) in [6.45, 7) is 9.99. The molecule has 2 aliphatic rings. The van der Waals surface area contributed by atoms with Crippen molar-refractivity contribution in [1.29, 1.82) is 0 Å². The molecule has 0 fully saturated rings. The van der Waals surface area contributed by atoms with Gasteiger partial charge in [0.1, 0.15) is 16.1 Å². The number of nitrogens with zero attached hydrogens (tertiary/aromatic N) is 1. The molecule has 2 heterocycles. The molecular weight excluding hydrogens is 671 g/mol. The van der Waals surface area contributed by atoms with Gasteiger partial charge in [-0.2, -0.15) is 0 Å². The summed E-state index contributed by atoms with van der Waals surface area (Å²) in [5.74, 6) is 0. The van der Waals surface area contributed by atoms with Crippen molar-refractivity contribution in [3.8, 4) is 44.5 Å². The molecule has 0 aliphatic carbocycles. The number of hydrogen-bond acceptors (Lipinski definition) is 1. The first-order chi connectivity index (χ1) is 25.8. The maximum absolute atomic E-state index is 2.50. The first-order valence-electron chi connectivity index (χ1n) is 18.8. The van der Waals surface area contributed by atoms with Gasteiger partial charge < -0.3 is 4.90 Å². The third-order valence-electron chi connectivity index (χ3n) is 12.1. The van der Waals surface area contributed by atoms with Crippen LogP contribution in [0.2, 0.25) is 26.2 Å². The summed E-state index contributed by atoms with van der Waals surface area (Å²) in [6, 6.07) is 66.1. The Morgan fingerprint density at radius 1 is 0.358 bits per heavy atom. The largest absolute Gasteiger partial charge is 0.310 e. The van der Waals surface area contributed by atoms with Crippen molar-refractivity contribution in [1.82, 2.24) is 0 Å². The normalized spacial score (nSPS) is 14.3. The monoisotopic (exact) mass is 711 g/mol. The average Bonchev–Trinajstić information content (AvgIpc) is 3.58. The van der Waals surface area contributed by atoms with Gasteiger partial charge in [0.05, 0.1) is 5.69 Å². The van der Waals surface area contributed by atoms with Crippen molar-refractivity contribution < 1.29 is 0 Å². The van der Waals surface area contributed by atoms with Gasteiger partial charge in [0.15, 0.2) is 0 Å². The lowest BCUT2D eigenvalue weighted by Gasteiger charge is -2.29. The summed E-state index contributed by atoms with van der Waals surface area (Å²) in [4.78, 5) is 2.50. The minimum atomic E-state index is -1.88. The van der Waals surface area contributed by atoms with Gasteiger partial charge in [0.25, 0.3) is 0 Å². The first kappa shape index (κ1) is 31.9. The third kappa shape index (κ3) is 4.88. The van der Waals surface area contributed by atoms with E-state index >= 15 is 0 Å². The van der Waals surface area contributed by atoms with Gasteiger partial charge >= 0.3 is 0 Å². The molecule has 0 aromatic heterocycles. The lowest BCUT2D eigenvalue weighted by Crippen LogP contribution is -2.49. The van der Waals surface area contributed by atoms with Crippen LogP contribution in [0.3, 0.4) is 0 Å². The topological polar surface area (TPSA) is 3.24 Å². The molecule has 2 aliphatic heterocycles. The summed E-state index contributed by atoms with van der Waals surface area (Å²) in [5, 5.41) is 8.65. The molecular formula is C50H41NSi2. The van der Waals surface area contributed by atoms with Gasteiger partial charge in [-0.15, -0.1) is 0 Å². The van der Waals surface area contributed by atoms with Crippen molar-refractivity contribution >= 4 is 64.7 Å². The van der Waals surface area contributed by atoms with Gasteiger partial charge in [-0.3, -0.25) is 0 Å². The molecule has 254 valence electrons. The van der Waals surface area contributed by atoms with E-state index in [1.165, 1.54) is 76.5 Å². The van der Waals surface area contributed by atoms with Crippen molar-refractivity contribution in [2.24, 2.45) is 0 Å². The van der Waals surface area contributed by atoms with Gasteiger partial charge in [-0.05, 0) is 101 Å². The standard InChI is InChI=1S/C50H41NSi2/c1-52(2)47-24-10-8-20-44(47)50-45(22-13-25-48(50)52)51(39-17-11-16-37(32-39)41-21-12-15-35-14-5-6-18-40(35)41)38-29-26-34(27-30-38)36-28-31-43-42-19-7-9-23-46(42)53(3,4)49(43)33-36/h5-33H,1-4H3. The van der Waals surface area contributed by atoms with E-state index < -0.39 is 16.1 Å². The summed E-state index contributed by atoms with van der Waals surface area (Å²) in [6.07, 6.45) is 0. The van der Waals surface area contributed by atoms with Crippen LogP contribution in [0.15, 0.2) is 176 Å². The van der Waals surface area contributed by atoms with Crippen LogP contribution >= 0.6 is 0 Å². The van der Waals surface area contributed by atoms with Crippen LogP contribution in [-0.2, 0) is 0 Å². The van der Waals surface area contributed by atoms with Crippen LogP contribution in [0.4, 0.5) is 17.1 Å². The number of fused-ring (bicyclic) bond motifs is 7. The summed E-state index contributed by atoms with van der Waals surface area (Å²) in [7, 11) is -3.64. The molecule has 0 spiro atoms. The van der Waals surface area contributed by atoms with Crippen LogP contribution in [-0.4, -0.2) is 16.1 Å². The predicted octanol–water partition coefficient (Wildman–Crippen LogP) is 11.2. The fourth-order valence-corrected chi connectivity index (χ4v) is 15.5. The quantitative estimate of drug-likeness (QED) is 0.161. The summed E-state index contributed by atoms with van der Waals surface area (Å²) < 4.78 is 0. The molecule has 0 N–H and O–H groups in total. The highest BCUT2D eigenvalue weighted by Gasteiger charge is 2.40. The highest BCUT2D eigenvalue weighted by atomic mass is 28.3. The Balaban J connectivity index is 1.13. The van der Waals surface area contributed by atoms with Gasteiger partial charge in [-0.1, -0.05) is 172 Å². The molecule has 3 heteroatoms. The smallest absolute Gasteiger partial charge is 0.113 e. The van der Waals surface area contributed by atoms with E-state index in [1.54, 1.807) is 5.19 Å². The fourth-order valence-electron chi connectivity index (χ4n) is 9.33. The number of benzene rings is 8. The molecule has 0 atom stereocenters. The maximum atomic E-state index is 2.50. The Hall–Kier alpha value is -5.75. The third-order valence-corrected chi connectivity index (χ3v) is 19.2. The zero-order chi connectivity index (χ0) is 35.9. The van der Waals surface area contributed by atoms with Crippen LogP contribution < -0.4 is 25.6 Å². The second-order valence-corrected chi connectivity index (χ2v) is 24.4. The molecule has 8 aromatic rings. The Morgan fingerprint density at radius 3 is 1.77 bits per heavy atom. The van der Waals surface area contributed by atoms with Gasteiger partial charge in [0.2, 0.25) is 0 Å². The molecule has 0 unspecified atom stereocenters. The molecule has 0 saturated heterocycles. The molecule has 0 saturated carbocycles. The lowest BCUT2D eigenvalue weighted by molar-refractivity contribution is 1.29. The average molecular weight is 712 g/mol. The maximum Gasteiger partial charge on any atom is 0.113 e. The van der Waals surface area contributed by atoms with Gasteiger partial charge in [0, 0.05) is 16.9 Å². The zero-order valence-electron chi connectivity index (χ0n) is 30.7. The Bertz CT molecular complexity index is 2730. The Labute approximate surface area is 314 Å². The highest BCUT2D eigenvalue weighted by molar-refractivity contribution is 7.04. The number of anilines is 3. The minimum Gasteiger partial charge on any atom is -0.310 e. The van der Waals surface area contributed by atoms with Crippen LogP contribution in [0.5, 0.6) is 0 Å². The van der Waals surface area contributed by atoms with E-state index in [9.17, 15) is 0 Å². The molecule has 53 heavy (non-hydrogen) atoms. The van der Waals surface area contributed by atoms with Crippen LogP contribution in [0.1, 0.15) is 0 Å². The second-order valence-electron chi connectivity index (χ2n) is 15.8. The van der Waals surface area contributed by atoms with E-state index in [4.69, 9.17) is 0 Å². The second kappa shape index (κ2) is 11.9. The van der Waals surface area contributed by atoms with Crippen LogP contribution in [0, 0.1) is 0 Å². The Morgan fingerprint density at radius 2 is 0.943 bits per heavy atom. The molecule has 0 bridgehead atoms. The summed E-state index contributed by atoms with van der Waals surface area (Å²) in [5.41, 5.74) is 14.2. The van der Waals surface area contributed by atoms with Gasteiger partial charge in [-0.25, -0.2) is 0 Å².